The molecule has 0 aliphatic heterocycles. The van der Waals surface area contributed by atoms with Crippen LogP contribution >= 0.6 is 35.0 Å². The van der Waals surface area contributed by atoms with Gasteiger partial charge in [0.15, 0.2) is 0 Å². The van der Waals surface area contributed by atoms with E-state index in [-0.39, 0.29) is 10.0 Å². The van der Waals surface area contributed by atoms with Gasteiger partial charge < -0.3 is 9.88 Å². The molecule has 0 aliphatic carbocycles. The second-order valence-corrected chi connectivity index (χ2v) is 6.51. The maximum absolute atomic E-state index is 12.2. The van der Waals surface area contributed by atoms with Crippen LogP contribution in [0.5, 0.6) is 0 Å². The van der Waals surface area contributed by atoms with Crippen molar-refractivity contribution in [3.05, 3.63) is 56.9 Å². The van der Waals surface area contributed by atoms with Gasteiger partial charge in [0.05, 0.1) is 4.90 Å². The number of carbonyl (C=O) groups is 1. The van der Waals surface area contributed by atoms with Gasteiger partial charge in [-0.3, -0.25) is 14.6 Å². The molecule has 0 bridgehead atoms. The van der Waals surface area contributed by atoms with Crippen molar-refractivity contribution in [3.8, 4) is 0 Å². The van der Waals surface area contributed by atoms with Crippen molar-refractivity contribution in [2.24, 2.45) is 0 Å². The molecule has 0 saturated heterocycles. The average Bonchev–Trinajstić information content (AvgIpc) is 2.57. The second kappa shape index (κ2) is 8.96. The smallest absolute Gasteiger partial charge is 0.325 e. The number of alkyl halides is 2. The minimum Gasteiger partial charge on any atom is -0.369 e. The van der Waals surface area contributed by atoms with E-state index in [9.17, 15) is 14.4 Å². The molecule has 0 aliphatic rings. The maximum Gasteiger partial charge on any atom is 0.325 e. The average molecular weight is 388 g/mol. The van der Waals surface area contributed by atoms with Crippen molar-refractivity contribution in [3.63, 3.8) is 0 Å². The lowest BCUT2D eigenvalue weighted by atomic mass is 10.2. The van der Waals surface area contributed by atoms with Gasteiger partial charge in [-0.15, -0.1) is 23.2 Å². The van der Waals surface area contributed by atoms with Crippen LogP contribution in [0.2, 0.25) is 0 Å². The van der Waals surface area contributed by atoms with E-state index in [0.29, 0.717) is 30.4 Å². The van der Waals surface area contributed by atoms with Crippen LogP contribution in [-0.2, 0) is 0 Å². The number of aromatic nitrogens is 2. The molecule has 0 unspecified atom stereocenters. The van der Waals surface area contributed by atoms with E-state index in [1.54, 1.807) is 12.1 Å². The fourth-order valence-electron chi connectivity index (χ4n) is 2.01. The van der Waals surface area contributed by atoms with Crippen LogP contribution in [0, 0.1) is 0 Å². The second-order valence-electron chi connectivity index (χ2n) is 4.74. The van der Waals surface area contributed by atoms with E-state index in [2.05, 4.69) is 9.97 Å². The molecule has 9 heteroatoms. The number of benzene rings is 1. The summed E-state index contributed by atoms with van der Waals surface area (Å²) in [7, 11) is 0. The summed E-state index contributed by atoms with van der Waals surface area (Å²) in [6, 6.07) is 6.98. The van der Waals surface area contributed by atoms with Crippen LogP contribution in [-0.4, -0.2) is 39.9 Å². The van der Waals surface area contributed by atoms with Crippen molar-refractivity contribution < 1.29 is 4.79 Å². The number of H-pyrrole nitrogens is 2. The van der Waals surface area contributed by atoms with E-state index in [1.165, 1.54) is 6.20 Å². The Labute approximate surface area is 152 Å². The number of anilines is 1. The molecule has 24 heavy (non-hydrogen) atoms. The van der Waals surface area contributed by atoms with Crippen LogP contribution in [0.1, 0.15) is 10.4 Å². The fourth-order valence-corrected chi connectivity index (χ4v) is 3.14. The molecule has 128 valence electrons. The molecule has 2 rings (SSSR count). The third-order valence-corrected chi connectivity index (χ3v) is 4.45. The van der Waals surface area contributed by atoms with E-state index < -0.39 is 11.2 Å². The van der Waals surface area contributed by atoms with E-state index in [4.69, 9.17) is 23.2 Å². The molecule has 0 amide bonds. The number of halogens is 2. The highest BCUT2D eigenvalue weighted by Gasteiger charge is 2.12. The summed E-state index contributed by atoms with van der Waals surface area (Å²) in [5.41, 5.74) is 0.162. The SMILES string of the molecule is O=C(Sc1c[nH]c(=O)[nH]c1=O)c1ccc(N(CCCl)CCCl)cc1. The van der Waals surface area contributed by atoms with Gasteiger partial charge in [0.2, 0.25) is 5.12 Å². The normalized spacial score (nSPS) is 10.6. The number of hydrogen-bond acceptors (Lipinski definition) is 5. The molecular formula is C15H15Cl2N3O3S. The highest BCUT2D eigenvalue weighted by Crippen LogP contribution is 2.21. The van der Waals surface area contributed by atoms with E-state index >= 15 is 0 Å². The molecule has 0 saturated carbocycles. The van der Waals surface area contributed by atoms with Gasteiger partial charge in [0, 0.05) is 42.3 Å². The van der Waals surface area contributed by atoms with Gasteiger partial charge in [-0.25, -0.2) is 4.79 Å². The van der Waals surface area contributed by atoms with Crippen molar-refractivity contribution in [1.29, 1.82) is 0 Å². The lowest BCUT2D eigenvalue weighted by molar-refractivity contribution is 0.108. The predicted molar refractivity (Wildman–Crippen MR) is 98.0 cm³/mol. The number of hydrogen-bond donors (Lipinski definition) is 2. The predicted octanol–water partition coefficient (Wildman–Crippen LogP) is 2.28. The van der Waals surface area contributed by atoms with Crippen LogP contribution < -0.4 is 16.1 Å². The van der Waals surface area contributed by atoms with Gasteiger partial charge in [-0.2, -0.15) is 0 Å². The first kappa shape index (κ1) is 18.6. The third-order valence-electron chi connectivity index (χ3n) is 3.16. The van der Waals surface area contributed by atoms with Crippen molar-refractivity contribution >= 4 is 45.8 Å². The quantitative estimate of drug-likeness (QED) is 0.562. The minimum absolute atomic E-state index is 0.134. The van der Waals surface area contributed by atoms with Crippen LogP contribution in [0.15, 0.2) is 44.9 Å². The highest BCUT2D eigenvalue weighted by atomic mass is 35.5. The number of nitrogens with zero attached hydrogens (tertiary/aromatic N) is 1. The third kappa shape index (κ3) is 4.90. The molecule has 1 aromatic carbocycles. The molecule has 0 fully saturated rings. The lowest BCUT2D eigenvalue weighted by Gasteiger charge is -2.22. The van der Waals surface area contributed by atoms with Crippen LogP contribution in [0.25, 0.3) is 0 Å². The van der Waals surface area contributed by atoms with Crippen LogP contribution in [0.4, 0.5) is 5.69 Å². The first-order valence-electron chi connectivity index (χ1n) is 7.06. The van der Waals surface area contributed by atoms with Crippen molar-refractivity contribution in [2.75, 3.05) is 29.7 Å². The monoisotopic (exact) mass is 387 g/mol. The van der Waals surface area contributed by atoms with Crippen LogP contribution in [0.3, 0.4) is 0 Å². The molecule has 6 nitrogen and oxygen atoms in total. The summed E-state index contributed by atoms with van der Waals surface area (Å²) >= 11 is 12.3. The Morgan fingerprint density at radius 3 is 2.25 bits per heavy atom. The zero-order chi connectivity index (χ0) is 17.5. The zero-order valence-corrected chi connectivity index (χ0v) is 14.9. The Hall–Kier alpha value is -1.70. The Morgan fingerprint density at radius 1 is 1.08 bits per heavy atom. The molecule has 0 atom stereocenters. The summed E-state index contributed by atoms with van der Waals surface area (Å²) in [6.45, 7) is 1.31. The molecule has 0 radical (unpaired) electrons. The summed E-state index contributed by atoms with van der Waals surface area (Å²) in [5.74, 6) is 0.949. The Bertz CT molecular complexity index is 799. The number of aromatic amines is 2. The standard InChI is InChI=1S/C15H15Cl2N3O3S/c16-5-7-20(8-6-17)11-3-1-10(2-4-11)14(22)24-12-9-18-15(23)19-13(12)21/h1-4,9H,5-8H2,(H2,18,19,21,23). The molecule has 1 aromatic heterocycles. The van der Waals surface area contributed by atoms with Gasteiger partial charge in [0.25, 0.3) is 5.56 Å². The van der Waals surface area contributed by atoms with E-state index in [0.717, 1.165) is 17.4 Å². The molecule has 0 spiro atoms. The lowest BCUT2D eigenvalue weighted by Crippen LogP contribution is -2.27. The van der Waals surface area contributed by atoms with Gasteiger partial charge >= 0.3 is 5.69 Å². The number of nitrogens with one attached hydrogen (secondary N) is 2. The van der Waals surface area contributed by atoms with Gasteiger partial charge in [-0.1, -0.05) is 0 Å². The number of rotatable bonds is 7. The molecule has 1 heterocycles. The topological polar surface area (TPSA) is 86.0 Å². The maximum atomic E-state index is 12.2. The first-order valence-corrected chi connectivity index (χ1v) is 8.95. The molecule has 2 N–H and O–H groups in total. The highest BCUT2D eigenvalue weighted by molar-refractivity contribution is 8.14. The summed E-state index contributed by atoms with van der Waals surface area (Å²) in [5, 5.41) is -0.291. The minimum atomic E-state index is -0.611. The van der Waals surface area contributed by atoms with Crippen molar-refractivity contribution in [2.45, 2.75) is 4.90 Å². The van der Waals surface area contributed by atoms with Gasteiger partial charge in [0.1, 0.15) is 0 Å². The summed E-state index contributed by atoms with van der Waals surface area (Å²) in [4.78, 5) is 41.4. The molecular weight excluding hydrogens is 373 g/mol. The Kier molecular flexibility index (Phi) is 6.96. The van der Waals surface area contributed by atoms with E-state index in [1.807, 2.05) is 17.0 Å². The fraction of sp³-hybridized carbons (Fsp3) is 0.267. The Morgan fingerprint density at radius 2 is 1.71 bits per heavy atom. The number of carbonyl (C=O) groups excluding carboxylic acids is 1. The van der Waals surface area contributed by atoms with Crippen molar-refractivity contribution in [1.82, 2.24) is 9.97 Å². The number of thioether (sulfide) groups is 1. The largest absolute Gasteiger partial charge is 0.369 e. The zero-order valence-electron chi connectivity index (χ0n) is 12.6. The van der Waals surface area contributed by atoms with Gasteiger partial charge in [-0.05, 0) is 36.0 Å². The first-order chi connectivity index (χ1) is 11.5. The summed E-state index contributed by atoms with van der Waals surface area (Å²) < 4.78 is 0. The molecule has 2 aromatic rings. The summed E-state index contributed by atoms with van der Waals surface area (Å²) in [6.07, 6.45) is 1.22. The Balaban J connectivity index is 2.13.